The molecule has 0 unspecified atom stereocenters. The fourth-order valence-corrected chi connectivity index (χ4v) is 2.80. The second-order valence-electron chi connectivity index (χ2n) is 4.98. The number of halogens is 1. The van der Waals surface area contributed by atoms with Crippen LogP contribution in [-0.4, -0.2) is 37.7 Å². The van der Waals surface area contributed by atoms with Crippen LogP contribution in [0.5, 0.6) is 0 Å². The van der Waals surface area contributed by atoms with Crippen LogP contribution in [0.25, 0.3) is 0 Å². The second kappa shape index (κ2) is 7.08. The molecular formula is C15H16ClN3O3S. The number of nitrogens with zero attached hydrogens (tertiary/aromatic N) is 2. The zero-order valence-corrected chi connectivity index (χ0v) is 14.2. The van der Waals surface area contributed by atoms with E-state index >= 15 is 0 Å². The summed E-state index contributed by atoms with van der Waals surface area (Å²) < 4.78 is 25.1. The van der Waals surface area contributed by atoms with Crippen LogP contribution in [0.3, 0.4) is 0 Å². The van der Waals surface area contributed by atoms with Gasteiger partial charge in [0.05, 0.1) is 10.5 Å². The number of pyridine rings is 1. The lowest BCUT2D eigenvalue weighted by molar-refractivity contribution is 0.0950. The summed E-state index contributed by atoms with van der Waals surface area (Å²) in [6, 6.07) is 9.48. The molecule has 1 N–H and O–H groups in total. The number of benzene rings is 1. The van der Waals surface area contributed by atoms with Gasteiger partial charge < -0.3 is 5.32 Å². The van der Waals surface area contributed by atoms with Crippen molar-refractivity contribution in [2.24, 2.45) is 0 Å². The van der Waals surface area contributed by atoms with Crippen LogP contribution in [0.15, 0.2) is 47.5 Å². The maximum absolute atomic E-state index is 12.0. The van der Waals surface area contributed by atoms with Gasteiger partial charge in [0.1, 0.15) is 5.15 Å². The van der Waals surface area contributed by atoms with Crippen LogP contribution in [0.1, 0.15) is 15.9 Å². The highest BCUT2D eigenvalue weighted by atomic mass is 35.5. The van der Waals surface area contributed by atoms with Crippen molar-refractivity contribution in [3.63, 3.8) is 0 Å². The number of amides is 1. The number of carbonyl (C=O) groups is 1. The first-order valence-corrected chi connectivity index (χ1v) is 8.54. The lowest BCUT2D eigenvalue weighted by Crippen LogP contribution is -2.23. The van der Waals surface area contributed by atoms with E-state index in [1.54, 1.807) is 18.2 Å². The first kappa shape index (κ1) is 17.4. The smallest absolute Gasteiger partial charge is 0.253 e. The van der Waals surface area contributed by atoms with Crippen molar-refractivity contribution >= 4 is 27.5 Å². The third-order valence-electron chi connectivity index (χ3n) is 3.14. The Morgan fingerprint density at radius 1 is 1.17 bits per heavy atom. The number of rotatable bonds is 5. The first-order chi connectivity index (χ1) is 10.8. The summed E-state index contributed by atoms with van der Waals surface area (Å²) >= 11 is 5.67. The van der Waals surface area contributed by atoms with Crippen molar-refractivity contribution in [2.75, 3.05) is 14.1 Å². The third-order valence-corrected chi connectivity index (χ3v) is 5.20. The Bertz CT molecular complexity index is 788. The molecule has 23 heavy (non-hydrogen) atoms. The Labute approximate surface area is 140 Å². The Morgan fingerprint density at radius 3 is 2.35 bits per heavy atom. The molecule has 1 aromatic carbocycles. The Hall–Kier alpha value is -1.96. The highest BCUT2D eigenvalue weighted by Crippen LogP contribution is 2.14. The van der Waals surface area contributed by atoms with Gasteiger partial charge in [0, 0.05) is 26.8 Å². The molecule has 0 aliphatic heterocycles. The fourth-order valence-electron chi connectivity index (χ4n) is 1.78. The lowest BCUT2D eigenvalue weighted by Gasteiger charge is -2.12. The van der Waals surface area contributed by atoms with Crippen LogP contribution in [0.2, 0.25) is 5.15 Å². The molecule has 0 bridgehead atoms. The lowest BCUT2D eigenvalue weighted by atomic mass is 10.2. The molecule has 1 heterocycles. The van der Waals surface area contributed by atoms with Crippen molar-refractivity contribution in [3.05, 3.63) is 58.9 Å². The van der Waals surface area contributed by atoms with Gasteiger partial charge in [0.2, 0.25) is 10.0 Å². The zero-order valence-electron chi connectivity index (χ0n) is 12.7. The molecule has 0 atom stereocenters. The molecule has 8 heteroatoms. The van der Waals surface area contributed by atoms with Gasteiger partial charge in [-0.1, -0.05) is 23.7 Å². The van der Waals surface area contributed by atoms with Crippen LogP contribution in [-0.2, 0) is 16.6 Å². The molecule has 0 saturated carbocycles. The molecular weight excluding hydrogens is 338 g/mol. The van der Waals surface area contributed by atoms with Crippen molar-refractivity contribution in [3.8, 4) is 0 Å². The molecule has 0 saturated heterocycles. The number of aromatic nitrogens is 1. The van der Waals surface area contributed by atoms with Gasteiger partial charge in [-0.2, -0.15) is 0 Å². The van der Waals surface area contributed by atoms with Crippen molar-refractivity contribution in [1.82, 2.24) is 14.6 Å². The van der Waals surface area contributed by atoms with Crippen LogP contribution >= 0.6 is 11.6 Å². The van der Waals surface area contributed by atoms with E-state index in [0.717, 1.165) is 9.87 Å². The van der Waals surface area contributed by atoms with Gasteiger partial charge in [-0.3, -0.25) is 4.79 Å². The van der Waals surface area contributed by atoms with E-state index < -0.39 is 10.0 Å². The normalized spacial score (nSPS) is 11.5. The number of hydrogen-bond donors (Lipinski definition) is 1. The molecule has 1 aromatic heterocycles. The summed E-state index contributed by atoms with van der Waals surface area (Å²) in [6.07, 6.45) is 1.39. The van der Waals surface area contributed by atoms with Crippen LogP contribution in [0.4, 0.5) is 0 Å². The molecule has 0 aliphatic rings. The van der Waals surface area contributed by atoms with E-state index in [4.69, 9.17) is 11.6 Å². The van der Waals surface area contributed by atoms with Gasteiger partial charge in [-0.15, -0.1) is 0 Å². The van der Waals surface area contributed by atoms with E-state index in [1.807, 2.05) is 0 Å². The summed E-state index contributed by atoms with van der Waals surface area (Å²) in [5, 5.41) is 3.05. The minimum Gasteiger partial charge on any atom is -0.348 e. The summed E-state index contributed by atoms with van der Waals surface area (Å²) in [7, 11) is -0.495. The largest absolute Gasteiger partial charge is 0.348 e. The number of sulfonamides is 1. The molecule has 122 valence electrons. The third kappa shape index (κ3) is 4.28. The summed E-state index contributed by atoms with van der Waals surface area (Å²) in [5.41, 5.74) is 1.19. The second-order valence-corrected chi connectivity index (χ2v) is 7.52. The minimum absolute atomic E-state index is 0.208. The molecule has 0 radical (unpaired) electrons. The van der Waals surface area contributed by atoms with Gasteiger partial charge in [0.25, 0.3) is 5.91 Å². The SMILES string of the molecule is CN(C)S(=O)(=O)c1ccc(CNC(=O)c2ccc(Cl)nc2)cc1. The van der Waals surface area contributed by atoms with E-state index in [-0.39, 0.29) is 17.3 Å². The standard InChI is InChI=1S/C15H16ClN3O3S/c1-19(2)23(21,22)13-6-3-11(4-7-13)9-18-15(20)12-5-8-14(16)17-10-12/h3-8,10H,9H2,1-2H3,(H,18,20). The van der Waals surface area contributed by atoms with Crippen LogP contribution in [0, 0.1) is 0 Å². The maximum atomic E-state index is 12.0. The predicted molar refractivity (Wildman–Crippen MR) is 87.7 cm³/mol. The molecule has 0 fully saturated rings. The number of hydrogen-bond acceptors (Lipinski definition) is 4. The highest BCUT2D eigenvalue weighted by Gasteiger charge is 2.16. The van der Waals surface area contributed by atoms with Gasteiger partial charge in [-0.25, -0.2) is 17.7 Å². The maximum Gasteiger partial charge on any atom is 0.253 e. The predicted octanol–water partition coefficient (Wildman–Crippen LogP) is 1.92. The Morgan fingerprint density at radius 2 is 1.83 bits per heavy atom. The molecule has 0 spiro atoms. The monoisotopic (exact) mass is 353 g/mol. The average molecular weight is 354 g/mol. The Balaban J connectivity index is 2.02. The fraction of sp³-hybridized carbons (Fsp3) is 0.200. The van der Waals surface area contributed by atoms with E-state index in [1.165, 1.54) is 38.5 Å². The quantitative estimate of drug-likeness (QED) is 0.833. The number of carbonyl (C=O) groups excluding carboxylic acids is 1. The molecule has 6 nitrogen and oxygen atoms in total. The number of nitrogens with one attached hydrogen (secondary N) is 1. The molecule has 1 amide bonds. The topological polar surface area (TPSA) is 79.4 Å². The van der Waals surface area contributed by atoms with Gasteiger partial charge >= 0.3 is 0 Å². The Kier molecular flexibility index (Phi) is 5.35. The van der Waals surface area contributed by atoms with Crippen molar-refractivity contribution < 1.29 is 13.2 Å². The van der Waals surface area contributed by atoms with Crippen LogP contribution < -0.4 is 5.32 Å². The molecule has 2 aromatic rings. The van der Waals surface area contributed by atoms with Crippen molar-refractivity contribution in [1.29, 1.82) is 0 Å². The van der Waals surface area contributed by atoms with Gasteiger partial charge in [0.15, 0.2) is 0 Å². The first-order valence-electron chi connectivity index (χ1n) is 6.72. The van der Waals surface area contributed by atoms with E-state index in [2.05, 4.69) is 10.3 Å². The zero-order chi connectivity index (χ0) is 17.0. The van der Waals surface area contributed by atoms with E-state index in [9.17, 15) is 13.2 Å². The summed E-state index contributed by atoms with van der Waals surface area (Å²) in [5.74, 6) is -0.279. The summed E-state index contributed by atoms with van der Waals surface area (Å²) in [6.45, 7) is 0.281. The molecule has 2 rings (SSSR count). The molecule has 0 aliphatic carbocycles. The van der Waals surface area contributed by atoms with Gasteiger partial charge in [-0.05, 0) is 29.8 Å². The summed E-state index contributed by atoms with van der Waals surface area (Å²) in [4.78, 5) is 16.0. The van der Waals surface area contributed by atoms with Crippen molar-refractivity contribution in [2.45, 2.75) is 11.4 Å². The highest BCUT2D eigenvalue weighted by molar-refractivity contribution is 7.89. The average Bonchev–Trinajstić information content (AvgIpc) is 2.53. The van der Waals surface area contributed by atoms with E-state index in [0.29, 0.717) is 10.7 Å². The minimum atomic E-state index is -3.45.